The minimum absolute atomic E-state index is 0.572. The average Bonchev–Trinajstić information content (AvgIpc) is 2.70. The van der Waals surface area contributed by atoms with Crippen LogP contribution in [0.5, 0.6) is 0 Å². The van der Waals surface area contributed by atoms with Crippen molar-refractivity contribution in [3.8, 4) is 0 Å². The third kappa shape index (κ3) is 1.95. The van der Waals surface area contributed by atoms with Crippen LogP contribution in [0.1, 0.15) is 24.8 Å². The number of aromatic nitrogens is 1. The molecule has 0 saturated carbocycles. The summed E-state index contributed by atoms with van der Waals surface area (Å²) in [6, 6.07) is 7.88. The molecule has 3 rings (SSSR count). The molecule has 2 heterocycles. The van der Waals surface area contributed by atoms with E-state index in [1.165, 1.54) is 0 Å². The molecule has 1 saturated heterocycles. The highest BCUT2D eigenvalue weighted by atomic mass is 19.1. The summed E-state index contributed by atoms with van der Waals surface area (Å²) < 4.78 is 14.9. The lowest BCUT2D eigenvalue weighted by Gasteiger charge is -2.23. The van der Waals surface area contributed by atoms with Crippen LogP contribution in [0.2, 0.25) is 0 Å². The summed E-state index contributed by atoms with van der Waals surface area (Å²) in [7, 11) is 0. The Morgan fingerprint density at radius 1 is 1.12 bits per heavy atom. The average molecular weight is 232 g/mol. The molecule has 2 aromatic rings. The number of H-pyrrole nitrogens is 1. The van der Waals surface area contributed by atoms with E-state index in [1.807, 2.05) is 30.5 Å². The number of nitrogens with one attached hydrogen (secondary N) is 2. The predicted octanol–water partition coefficient (Wildman–Crippen LogP) is 3.11. The Morgan fingerprint density at radius 2 is 2.06 bits per heavy atom. The van der Waals surface area contributed by atoms with E-state index in [0.29, 0.717) is 12.8 Å². The first-order valence-electron chi connectivity index (χ1n) is 6.25. The van der Waals surface area contributed by atoms with E-state index in [2.05, 4.69) is 10.3 Å². The maximum atomic E-state index is 14.9. The fourth-order valence-electron chi connectivity index (χ4n) is 2.65. The molecule has 3 heteroatoms. The quantitative estimate of drug-likeness (QED) is 0.777. The Balaban J connectivity index is 2.00. The third-order valence-electron chi connectivity index (χ3n) is 3.70. The normalized spacial score (nSPS) is 25.9. The Morgan fingerprint density at radius 3 is 3.00 bits per heavy atom. The number of hydrogen-bond donors (Lipinski definition) is 2. The van der Waals surface area contributed by atoms with Crippen LogP contribution in [0, 0.1) is 0 Å². The summed E-state index contributed by atoms with van der Waals surface area (Å²) in [5.74, 6) is 0. The Bertz CT molecular complexity index is 510. The Kier molecular flexibility index (Phi) is 2.63. The molecule has 2 nitrogen and oxygen atoms in total. The third-order valence-corrected chi connectivity index (χ3v) is 3.70. The monoisotopic (exact) mass is 232 g/mol. The van der Waals surface area contributed by atoms with E-state index in [4.69, 9.17) is 0 Å². The van der Waals surface area contributed by atoms with E-state index >= 15 is 0 Å². The molecule has 0 spiro atoms. The summed E-state index contributed by atoms with van der Waals surface area (Å²) in [6.45, 7) is 1.69. The maximum absolute atomic E-state index is 14.9. The van der Waals surface area contributed by atoms with E-state index in [9.17, 15) is 4.39 Å². The number of hydrogen-bond acceptors (Lipinski definition) is 1. The second-order valence-corrected chi connectivity index (χ2v) is 4.85. The maximum Gasteiger partial charge on any atom is 0.137 e. The second kappa shape index (κ2) is 4.15. The van der Waals surface area contributed by atoms with Crippen molar-refractivity contribution in [2.75, 3.05) is 13.1 Å². The first-order valence-corrected chi connectivity index (χ1v) is 6.25. The van der Waals surface area contributed by atoms with Crippen LogP contribution >= 0.6 is 0 Å². The second-order valence-electron chi connectivity index (χ2n) is 4.85. The minimum atomic E-state index is -1.16. The Labute approximate surface area is 100 Å². The minimum Gasteiger partial charge on any atom is -0.361 e. The highest BCUT2D eigenvalue weighted by Gasteiger charge is 2.32. The number of rotatable bonds is 1. The van der Waals surface area contributed by atoms with Crippen molar-refractivity contribution in [1.82, 2.24) is 10.3 Å². The SMILES string of the molecule is FC1(c2ccc3[nH]ccc3c2)CCCNCC1. The summed E-state index contributed by atoms with van der Waals surface area (Å²) in [6.07, 6.45) is 3.99. The van der Waals surface area contributed by atoms with Crippen molar-refractivity contribution < 1.29 is 4.39 Å². The molecule has 1 aliphatic rings. The van der Waals surface area contributed by atoms with Gasteiger partial charge in [0, 0.05) is 11.7 Å². The molecule has 1 unspecified atom stereocenters. The van der Waals surface area contributed by atoms with Gasteiger partial charge in [-0.1, -0.05) is 6.07 Å². The topological polar surface area (TPSA) is 27.8 Å². The number of aromatic amines is 1. The van der Waals surface area contributed by atoms with Crippen LogP contribution in [0.15, 0.2) is 30.5 Å². The molecule has 0 bridgehead atoms. The van der Waals surface area contributed by atoms with E-state index in [0.717, 1.165) is 36.0 Å². The van der Waals surface area contributed by atoms with Gasteiger partial charge in [0.25, 0.3) is 0 Å². The van der Waals surface area contributed by atoms with Crippen LogP contribution < -0.4 is 5.32 Å². The number of halogens is 1. The van der Waals surface area contributed by atoms with E-state index in [1.54, 1.807) is 0 Å². The molecule has 1 atom stereocenters. The smallest absolute Gasteiger partial charge is 0.137 e. The van der Waals surface area contributed by atoms with Crippen molar-refractivity contribution in [2.45, 2.75) is 24.9 Å². The number of alkyl halides is 1. The largest absolute Gasteiger partial charge is 0.361 e. The van der Waals surface area contributed by atoms with Crippen LogP contribution in [-0.4, -0.2) is 18.1 Å². The molecule has 90 valence electrons. The van der Waals surface area contributed by atoms with Gasteiger partial charge in [0.05, 0.1) is 0 Å². The summed E-state index contributed by atoms with van der Waals surface area (Å²) in [5, 5.41) is 4.35. The number of fused-ring (bicyclic) bond motifs is 1. The lowest BCUT2D eigenvalue weighted by Crippen LogP contribution is -2.22. The first kappa shape index (κ1) is 10.8. The molecule has 17 heavy (non-hydrogen) atoms. The molecule has 0 radical (unpaired) electrons. The molecule has 1 aromatic heterocycles. The molecule has 1 aromatic carbocycles. The van der Waals surface area contributed by atoms with Crippen molar-refractivity contribution in [1.29, 1.82) is 0 Å². The van der Waals surface area contributed by atoms with Gasteiger partial charge in [-0.15, -0.1) is 0 Å². The zero-order valence-electron chi connectivity index (χ0n) is 9.80. The van der Waals surface area contributed by atoms with Gasteiger partial charge in [-0.05, 0) is 61.5 Å². The molecular formula is C14H17FN2. The zero-order valence-corrected chi connectivity index (χ0v) is 9.80. The van der Waals surface area contributed by atoms with Crippen molar-refractivity contribution in [2.24, 2.45) is 0 Å². The van der Waals surface area contributed by atoms with Crippen LogP contribution in [0.25, 0.3) is 10.9 Å². The van der Waals surface area contributed by atoms with Crippen molar-refractivity contribution in [3.63, 3.8) is 0 Å². The van der Waals surface area contributed by atoms with Crippen molar-refractivity contribution in [3.05, 3.63) is 36.0 Å². The van der Waals surface area contributed by atoms with Gasteiger partial charge < -0.3 is 10.3 Å². The highest BCUT2D eigenvalue weighted by molar-refractivity contribution is 5.80. The predicted molar refractivity (Wildman–Crippen MR) is 67.8 cm³/mol. The van der Waals surface area contributed by atoms with Gasteiger partial charge in [-0.3, -0.25) is 0 Å². The summed E-state index contributed by atoms with van der Waals surface area (Å²) in [5.41, 5.74) is 0.743. The van der Waals surface area contributed by atoms with Gasteiger partial charge in [0.1, 0.15) is 5.67 Å². The van der Waals surface area contributed by atoms with E-state index < -0.39 is 5.67 Å². The van der Waals surface area contributed by atoms with Gasteiger partial charge in [-0.2, -0.15) is 0 Å². The summed E-state index contributed by atoms with van der Waals surface area (Å²) in [4.78, 5) is 3.14. The molecule has 0 aliphatic carbocycles. The van der Waals surface area contributed by atoms with Gasteiger partial charge in [0.15, 0.2) is 0 Å². The first-order chi connectivity index (χ1) is 8.28. The molecule has 1 aliphatic heterocycles. The fourth-order valence-corrected chi connectivity index (χ4v) is 2.65. The van der Waals surface area contributed by atoms with Crippen LogP contribution in [0.4, 0.5) is 4.39 Å². The van der Waals surface area contributed by atoms with E-state index in [-0.39, 0.29) is 0 Å². The standard InChI is InChI=1S/C14H17FN2/c15-14(5-1-7-16-9-6-14)12-2-3-13-11(10-12)4-8-17-13/h2-4,8,10,16-17H,1,5-7,9H2. The number of benzene rings is 1. The highest BCUT2D eigenvalue weighted by Crippen LogP contribution is 2.36. The van der Waals surface area contributed by atoms with Gasteiger partial charge >= 0.3 is 0 Å². The lowest BCUT2D eigenvalue weighted by atomic mass is 9.88. The van der Waals surface area contributed by atoms with Crippen LogP contribution in [-0.2, 0) is 5.67 Å². The molecule has 1 fully saturated rings. The Hall–Kier alpha value is -1.35. The van der Waals surface area contributed by atoms with Crippen LogP contribution in [0.3, 0.4) is 0 Å². The molecule has 0 amide bonds. The fraction of sp³-hybridized carbons (Fsp3) is 0.429. The van der Waals surface area contributed by atoms with Gasteiger partial charge in [0.2, 0.25) is 0 Å². The molecular weight excluding hydrogens is 215 g/mol. The summed E-state index contributed by atoms with van der Waals surface area (Å²) >= 11 is 0. The molecule has 2 N–H and O–H groups in total. The lowest BCUT2D eigenvalue weighted by molar-refractivity contribution is 0.145. The zero-order chi connectivity index (χ0) is 11.7. The van der Waals surface area contributed by atoms with Crippen molar-refractivity contribution >= 4 is 10.9 Å². The van der Waals surface area contributed by atoms with Gasteiger partial charge in [-0.25, -0.2) is 4.39 Å².